The van der Waals surface area contributed by atoms with Crippen molar-refractivity contribution in [1.82, 2.24) is 5.43 Å². The van der Waals surface area contributed by atoms with Crippen molar-refractivity contribution in [2.24, 2.45) is 5.10 Å². The van der Waals surface area contributed by atoms with E-state index in [2.05, 4.69) is 17.5 Å². The second-order valence-corrected chi connectivity index (χ2v) is 8.23. The molecule has 1 rings (SSSR count). The van der Waals surface area contributed by atoms with Gasteiger partial charge in [0.05, 0.1) is 13.3 Å². The standard InChI is InChI=1S/C26H44N2O2/c1-3-4-5-6-7-8-9-10-11-12-13-14-15-16-17-22-26(29)28-27-23-24-20-18-19-21-25(24)30-2/h18-21,23H,3-17,22H2,1-2H3,(H,28,29)/b27-23-. The summed E-state index contributed by atoms with van der Waals surface area (Å²) in [7, 11) is 1.63. The maximum Gasteiger partial charge on any atom is 0.240 e. The van der Waals surface area contributed by atoms with Crippen LogP contribution < -0.4 is 10.2 Å². The van der Waals surface area contributed by atoms with Gasteiger partial charge in [-0.3, -0.25) is 4.79 Å². The van der Waals surface area contributed by atoms with Crippen molar-refractivity contribution in [3.63, 3.8) is 0 Å². The number of unbranched alkanes of at least 4 members (excludes halogenated alkanes) is 14. The SMILES string of the molecule is CCCCCCCCCCCCCCCCCC(=O)N/N=C\c1ccccc1OC. The van der Waals surface area contributed by atoms with E-state index in [1.165, 1.54) is 83.5 Å². The van der Waals surface area contributed by atoms with E-state index >= 15 is 0 Å². The number of ether oxygens (including phenoxy) is 1. The van der Waals surface area contributed by atoms with Crippen LogP contribution in [0.2, 0.25) is 0 Å². The summed E-state index contributed by atoms with van der Waals surface area (Å²) in [4.78, 5) is 11.9. The summed E-state index contributed by atoms with van der Waals surface area (Å²) in [5.74, 6) is 0.730. The Bertz CT molecular complexity index is 572. The average molecular weight is 417 g/mol. The highest BCUT2D eigenvalue weighted by atomic mass is 16.5. The van der Waals surface area contributed by atoms with Gasteiger partial charge in [0.25, 0.3) is 0 Å². The number of nitrogens with one attached hydrogen (secondary N) is 1. The van der Waals surface area contributed by atoms with E-state index in [-0.39, 0.29) is 5.91 Å². The van der Waals surface area contributed by atoms with E-state index in [1.54, 1.807) is 13.3 Å². The number of carbonyl (C=O) groups excluding carboxylic acids is 1. The minimum Gasteiger partial charge on any atom is -0.496 e. The van der Waals surface area contributed by atoms with Gasteiger partial charge in [-0.25, -0.2) is 5.43 Å². The predicted octanol–water partition coefficient (Wildman–Crippen LogP) is 7.41. The van der Waals surface area contributed by atoms with E-state index in [0.29, 0.717) is 6.42 Å². The molecule has 0 atom stereocenters. The lowest BCUT2D eigenvalue weighted by Crippen LogP contribution is -2.16. The summed E-state index contributed by atoms with van der Waals surface area (Å²) >= 11 is 0. The van der Waals surface area contributed by atoms with Gasteiger partial charge in [-0.1, -0.05) is 109 Å². The van der Waals surface area contributed by atoms with Crippen LogP contribution in [0.25, 0.3) is 0 Å². The van der Waals surface area contributed by atoms with Crippen LogP contribution in [0.4, 0.5) is 0 Å². The molecule has 0 heterocycles. The summed E-state index contributed by atoms with van der Waals surface area (Å²) in [6, 6.07) is 7.61. The molecule has 0 aliphatic rings. The first-order chi connectivity index (χ1) is 14.8. The Morgan fingerprint density at radius 1 is 0.833 bits per heavy atom. The van der Waals surface area contributed by atoms with Gasteiger partial charge in [0, 0.05) is 12.0 Å². The summed E-state index contributed by atoms with van der Waals surface area (Å²) in [6.07, 6.45) is 22.1. The fourth-order valence-corrected chi connectivity index (χ4v) is 3.66. The molecule has 0 aliphatic heterocycles. The monoisotopic (exact) mass is 416 g/mol. The Hall–Kier alpha value is -1.84. The molecule has 0 spiro atoms. The fourth-order valence-electron chi connectivity index (χ4n) is 3.66. The third-order valence-electron chi connectivity index (χ3n) is 5.54. The van der Waals surface area contributed by atoms with E-state index in [1.807, 2.05) is 24.3 Å². The molecule has 1 aromatic carbocycles. The molecule has 0 unspecified atom stereocenters. The highest BCUT2D eigenvalue weighted by Gasteiger charge is 2.01. The minimum atomic E-state index is -0.0177. The van der Waals surface area contributed by atoms with Crippen molar-refractivity contribution in [3.05, 3.63) is 29.8 Å². The van der Waals surface area contributed by atoms with Crippen molar-refractivity contribution in [1.29, 1.82) is 0 Å². The molecule has 170 valence electrons. The fraction of sp³-hybridized carbons (Fsp3) is 0.692. The molecule has 0 radical (unpaired) electrons. The maximum absolute atomic E-state index is 11.9. The highest BCUT2D eigenvalue weighted by Crippen LogP contribution is 2.15. The number of nitrogens with zero attached hydrogens (tertiary/aromatic N) is 1. The van der Waals surface area contributed by atoms with Gasteiger partial charge in [0.15, 0.2) is 0 Å². The van der Waals surface area contributed by atoms with Gasteiger partial charge in [-0.05, 0) is 18.6 Å². The molecular formula is C26H44N2O2. The Morgan fingerprint density at radius 3 is 1.87 bits per heavy atom. The van der Waals surface area contributed by atoms with Crippen LogP contribution >= 0.6 is 0 Å². The van der Waals surface area contributed by atoms with Crippen LogP contribution in [-0.2, 0) is 4.79 Å². The van der Waals surface area contributed by atoms with Gasteiger partial charge >= 0.3 is 0 Å². The van der Waals surface area contributed by atoms with Crippen LogP contribution in [0.5, 0.6) is 5.75 Å². The number of rotatable bonds is 19. The smallest absolute Gasteiger partial charge is 0.240 e. The molecule has 0 fully saturated rings. The quantitative estimate of drug-likeness (QED) is 0.145. The third kappa shape index (κ3) is 14.2. The molecule has 4 heteroatoms. The normalized spacial score (nSPS) is 11.1. The lowest BCUT2D eigenvalue weighted by Gasteiger charge is -2.04. The van der Waals surface area contributed by atoms with Gasteiger partial charge in [0.2, 0.25) is 5.91 Å². The zero-order valence-corrected chi connectivity index (χ0v) is 19.5. The minimum absolute atomic E-state index is 0.0177. The lowest BCUT2D eigenvalue weighted by atomic mass is 10.0. The molecule has 0 saturated carbocycles. The number of para-hydroxylation sites is 1. The first-order valence-corrected chi connectivity index (χ1v) is 12.2. The number of methoxy groups -OCH3 is 1. The number of amides is 1. The second-order valence-electron chi connectivity index (χ2n) is 8.23. The number of hydrogen-bond donors (Lipinski definition) is 1. The van der Waals surface area contributed by atoms with Crippen molar-refractivity contribution in [3.8, 4) is 5.75 Å². The molecular weight excluding hydrogens is 372 g/mol. The predicted molar refractivity (Wildman–Crippen MR) is 128 cm³/mol. The number of hydrazone groups is 1. The Kier molecular flexibility index (Phi) is 16.7. The van der Waals surface area contributed by atoms with Crippen LogP contribution in [0.1, 0.15) is 115 Å². The van der Waals surface area contributed by atoms with Crippen LogP contribution in [0, 0.1) is 0 Å². The molecule has 0 aliphatic carbocycles. The van der Waals surface area contributed by atoms with Crippen LogP contribution in [0.15, 0.2) is 29.4 Å². The van der Waals surface area contributed by atoms with E-state index < -0.39 is 0 Å². The molecule has 4 nitrogen and oxygen atoms in total. The number of carbonyl (C=O) groups is 1. The summed E-state index contributed by atoms with van der Waals surface area (Å²) in [6.45, 7) is 2.28. The molecule has 30 heavy (non-hydrogen) atoms. The first-order valence-electron chi connectivity index (χ1n) is 12.2. The van der Waals surface area contributed by atoms with Crippen molar-refractivity contribution < 1.29 is 9.53 Å². The first kappa shape index (κ1) is 26.2. The molecule has 1 amide bonds. The molecule has 1 N–H and O–H groups in total. The van der Waals surface area contributed by atoms with Gasteiger partial charge in [-0.15, -0.1) is 0 Å². The van der Waals surface area contributed by atoms with Crippen LogP contribution in [-0.4, -0.2) is 19.2 Å². The average Bonchev–Trinajstić information content (AvgIpc) is 2.76. The van der Waals surface area contributed by atoms with Gasteiger partial charge in [0.1, 0.15) is 5.75 Å². The molecule has 0 bridgehead atoms. The van der Waals surface area contributed by atoms with E-state index in [9.17, 15) is 4.79 Å². The largest absolute Gasteiger partial charge is 0.496 e. The Labute approximate surface area is 184 Å². The van der Waals surface area contributed by atoms with Gasteiger partial charge < -0.3 is 4.74 Å². The van der Waals surface area contributed by atoms with Crippen molar-refractivity contribution >= 4 is 12.1 Å². The Morgan fingerprint density at radius 2 is 1.33 bits per heavy atom. The second kappa shape index (κ2) is 19.1. The van der Waals surface area contributed by atoms with Crippen molar-refractivity contribution in [2.75, 3.05) is 7.11 Å². The third-order valence-corrected chi connectivity index (χ3v) is 5.54. The Balaban J connectivity index is 1.88. The summed E-state index contributed by atoms with van der Waals surface area (Å²) in [5, 5.41) is 4.03. The zero-order chi connectivity index (χ0) is 21.7. The maximum atomic E-state index is 11.9. The number of hydrogen-bond acceptors (Lipinski definition) is 3. The van der Waals surface area contributed by atoms with Gasteiger partial charge in [-0.2, -0.15) is 5.10 Å². The van der Waals surface area contributed by atoms with Crippen molar-refractivity contribution in [2.45, 2.75) is 110 Å². The zero-order valence-electron chi connectivity index (χ0n) is 19.5. The molecule has 0 saturated heterocycles. The van der Waals surface area contributed by atoms with E-state index in [0.717, 1.165) is 24.2 Å². The van der Waals surface area contributed by atoms with Crippen LogP contribution in [0.3, 0.4) is 0 Å². The summed E-state index contributed by atoms with van der Waals surface area (Å²) in [5.41, 5.74) is 3.46. The summed E-state index contributed by atoms with van der Waals surface area (Å²) < 4.78 is 5.26. The molecule has 1 aromatic rings. The topological polar surface area (TPSA) is 50.7 Å². The highest BCUT2D eigenvalue weighted by molar-refractivity contribution is 5.85. The van der Waals surface area contributed by atoms with E-state index in [4.69, 9.17) is 4.74 Å². The lowest BCUT2D eigenvalue weighted by molar-refractivity contribution is -0.121. The number of benzene rings is 1. The molecule has 0 aromatic heterocycles.